The minimum Gasteiger partial charge on any atom is -0.364 e. The monoisotopic (exact) mass is 229 g/mol. The second kappa shape index (κ2) is 6.69. The number of anilines is 1. The van der Waals surface area contributed by atoms with Gasteiger partial charge >= 0.3 is 0 Å². The van der Waals surface area contributed by atoms with Crippen LogP contribution in [0.5, 0.6) is 0 Å². The van der Waals surface area contributed by atoms with Crippen molar-refractivity contribution in [3.63, 3.8) is 0 Å². The molecule has 0 atom stereocenters. The number of para-hydroxylation sites is 1. The summed E-state index contributed by atoms with van der Waals surface area (Å²) in [7, 11) is 0. The largest absolute Gasteiger partial charge is 0.364 e. The molecule has 0 saturated heterocycles. The van der Waals surface area contributed by atoms with Crippen LogP contribution >= 0.6 is 0 Å². The van der Waals surface area contributed by atoms with Crippen molar-refractivity contribution in [1.82, 2.24) is 0 Å². The highest BCUT2D eigenvalue weighted by molar-refractivity contribution is 6.01. The first-order chi connectivity index (χ1) is 8.24. The zero-order valence-corrected chi connectivity index (χ0v) is 10.4. The summed E-state index contributed by atoms with van der Waals surface area (Å²) in [5.41, 5.74) is 1.73. The maximum absolute atomic E-state index is 11.9. The molecule has 0 spiro atoms. The van der Waals surface area contributed by atoms with Gasteiger partial charge in [-0.25, -0.2) is 0 Å². The maximum atomic E-state index is 11.9. The van der Waals surface area contributed by atoms with Crippen LogP contribution in [0.25, 0.3) is 0 Å². The SMILES string of the molecule is C=CCN(CC=C)c1ccccc1C(=O)CC. The predicted octanol–water partition coefficient (Wildman–Crippen LogP) is 3.46. The molecule has 0 aliphatic heterocycles. The third-order valence-corrected chi connectivity index (χ3v) is 2.57. The van der Waals surface area contributed by atoms with Gasteiger partial charge in [0.15, 0.2) is 5.78 Å². The van der Waals surface area contributed by atoms with E-state index >= 15 is 0 Å². The number of rotatable bonds is 7. The van der Waals surface area contributed by atoms with E-state index in [0.29, 0.717) is 19.5 Å². The van der Waals surface area contributed by atoms with Gasteiger partial charge in [0.1, 0.15) is 0 Å². The van der Waals surface area contributed by atoms with E-state index in [1.165, 1.54) is 0 Å². The predicted molar refractivity (Wildman–Crippen MR) is 73.7 cm³/mol. The van der Waals surface area contributed by atoms with Gasteiger partial charge in [0.05, 0.1) is 0 Å². The molecule has 0 unspecified atom stereocenters. The van der Waals surface area contributed by atoms with E-state index in [2.05, 4.69) is 18.1 Å². The van der Waals surface area contributed by atoms with Crippen LogP contribution < -0.4 is 4.90 Å². The Morgan fingerprint density at radius 1 is 1.24 bits per heavy atom. The molecule has 0 aliphatic carbocycles. The molecule has 1 rings (SSSR count). The molecule has 2 nitrogen and oxygen atoms in total. The summed E-state index contributed by atoms with van der Waals surface area (Å²) in [6.45, 7) is 10.8. The van der Waals surface area contributed by atoms with E-state index in [1.54, 1.807) is 0 Å². The number of ketones is 1. The van der Waals surface area contributed by atoms with Gasteiger partial charge in [-0.3, -0.25) is 4.79 Å². The van der Waals surface area contributed by atoms with Crippen molar-refractivity contribution >= 4 is 11.5 Å². The maximum Gasteiger partial charge on any atom is 0.164 e. The Labute approximate surface area is 103 Å². The summed E-state index contributed by atoms with van der Waals surface area (Å²) < 4.78 is 0. The van der Waals surface area contributed by atoms with Crippen LogP contribution in [0.4, 0.5) is 5.69 Å². The van der Waals surface area contributed by atoms with E-state index in [9.17, 15) is 4.79 Å². The smallest absolute Gasteiger partial charge is 0.164 e. The van der Waals surface area contributed by atoms with Crippen LogP contribution in [-0.4, -0.2) is 18.9 Å². The van der Waals surface area contributed by atoms with Crippen molar-refractivity contribution in [3.8, 4) is 0 Å². The second-order valence-electron chi connectivity index (χ2n) is 3.78. The number of Topliss-reactive ketones (excluding diaryl/α,β-unsaturated/α-hetero) is 1. The average molecular weight is 229 g/mol. The summed E-state index contributed by atoms with van der Waals surface area (Å²) >= 11 is 0. The first-order valence-electron chi connectivity index (χ1n) is 5.83. The number of hydrogen-bond acceptors (Lipinski definition) is 2. The van der Waals surface area contributed by atoms with E-state index in [1.807, 2.05) is 43.3 Å². The molecule has 0 bridgehead atoms. The molecule has 0 aromatic heterocycles. The lowest BCUT2D eigenvalue weighted by atomic mass is 10.1. The summed E-state index contributed by atoms with van der Waals surface area (Å²) in [5.74, 6) is 0.165. The first kappa shape index (κ1) is 13.2. The summed E-state index contributed by atoms with van der Waals surface area (Å²) in [6, 6.07) is 7.68. The molecule has 0 aliphatic rings. The molecule has 90 valence electrons. The van der Waals surface area contributed by atoms with Crippen LogP contribution in [0.15, 0.2) is 49.6 Å². The van der Waals surface area contributed by atoms with Crippen LogP contribution in [-0.2, 0) is 0 Å². The molecular weight excluding hydrogens is 210 g/mol. The second-order valence-corrected chi connectivity index (χ2v) is 3.78. The molecule has 0 N–H and O–H groups in total. The van der Waals surface area contributed by atoms with E-state index in [0.717, 1.165) is 11.3 Å². The lowest BCUT2D eigenvalue weighted by molar-refractivity contribution is 0.0988. The van der Waals surface area contributed by atoms with Gasteiger partial charge in [-0.1, -0.05) is 31.2 Å². The molecule has 0 amide bonds. The standard InChI is InChI=1S/C15H19NO/c1-4-11-16(12-5-2)14-10-8-7-9-13(14)15(17)6-3/h4-5,7-10H,1-2,6,11-12H2,3H3. The Balaban J connectivity index is 3.12. The molecule has 1 aromatic carbocycles. The number of carbonyl (C=O) groups excluding carboxylic acids is 1. The molecule has 2 heteroatoms. The Morgan fingerprint density at radius 3 is 2.35 bits per heavy atom. The fourth-order valence-electron chi connectivity index (χ4n) is 1.76. The third kappa shape index (κ3) is 3.31. The number of carbonyl (C=O) groups is 1. The van der Waals surface area contributed by atoms with Crippen LogP contribution in [0.1, 0.15) is 23.7 Å². The van der Waals surface area contributed by atoms with Crippen molar-refractivity contribution in [2.45, 2.75) is 13.3 Å². The normalized spacial score (nSPS) is 9.71. The van der Waals surface area contributed by atoms with Crippen molar-refractivity contribution in [2.75, 3.05) is 18.0 Å². The number of benzene rings is 1. The van der Waals surface area contributed by atoms with E-state index < -0.39 is 0 Å². The number of hydrogen-bond donors (Lipinski definition) is 0. The average Bonchev–Trinajstić information content (AvgIpc) is 2.37. The summed E-state index contributed by atoms with van der Waals surface area (Å²) in [4.78, 5) is 14.0. The van der Waals surface area contributed by atoms with Gasteiger partial charge in [0.25, 0.3) is 0 Å². The van der Waals surface area contributed by atoms with Gasteiger partial charge in [0.2, 0.25) is 0 Å². The highest BCUT2D eigenvalue weighted by Crippen LogP contribution is 2.21. The summed E-state index contributed by atoms with van der Waals surface area (Å²) in [5, 5.41) is 0. The molecule has 0 radical (unpaired) electrons. The zero-order valence-electron chi connectivity index (χ0n) is 10.4. The molecule has 0 fully saturated rings. The van der Waals surface area contributed by atoms with E-state index in [4.69, 9.17) is 0 Å². The highest BCUT2D eigenvalue weighted by atomic mass is 16.1. The van der Waals surface area contributed by atoms with Gasteiger partial charge < -0.3 is 4.90 Å². The van der Waals surface area contributed by atoms with Crippen molar-refractivity contribution in [3.05, 3.63) is 55.1 Å². The van der Waals surface area contributed by atoms with Crippen molar-refractivity contribution < 1.29 is 4.79 Å². The van der Waals surface area contributed by atoms with Crippen LogP contribution in [0.3, 0.4) is 0 Å². The van der Waals surface area contributed by atoms with Crippen molar-refractivity contribution in [1.29, 1.82) is 0 Å². The minimum absolute atomic E-state index is 0.165. The van der Waals surface area contributed by atoms with Gasteiger partial charge in [-0.05, 0) is 12.1 Å². The van der Waals surface area contributed by atoms with Crippen LogP contribution in [0, 0.1) is 0 Å². The minimum atomic E-state index is 0.165. The molecule has 1 aromatic rings. The molecule has 17 heavy (non-hydrogen) atoms. The fraction of sp³-hybridized carbons (Fsp3) is 0.267. The Morgan fingerprint density at radius 2 is 1.82 bits per heavy atom. The summed E-state index contributed by atoms with van der Waals surface area (Å²) in [6.07, 6.45) is 4.18. The van der Waals surface area contributed by atoms with Crippen LogP contribution in [0.2, 0.25) is 0 Å². The number of nitrogens with zero attached hydrogens (tertiary/aromatic N) is 1. The lowest BCUT2D eigenvalue weighted by Crippen LogP contribution is -2.25. The van der Waals surface area contributed by atoms with Crippen molar-refractivity contribution in [2.24, 2.45) is 0 Å². The van der Waals surface area contributed by atoms with Gasteiger partial charge in [0, 0.05) is 30.8 Å². The first-order valence-corrected chi connectivity index (χ1v) is 5.83. The molecule has 0 heterocycles. The highest BCUT2D eigenvalue weighted by Gasteiger charge is 2.12. The topological polar surface area (TPSA) is 20.3 Å². The Bertz CT molecular complexity index is 399. The quantitative estimate of drug-likeness (QED) is 0.527. The Kier molecular flexibility index (Phi) is 5.21. The lowest BCUT2D eigenvalue weighted by Gasteiger charge is -2.24. The third-order valence-electron chi connectivity index (χ3n) is 2.57. The molecule has 0 saturated carbocycles. The van der Waals surface area contributed by atoms with E-state index in [-0.39, 0.29) is 5.78 Å². The Hall–Kier alpha value is -1.83. The van der Waals surface area contributed by atoms with Gasteiger partial charge in [-0.2, -0.15) is 0 Å². The zero-order chi connectivity index (χ0) is 12.7. The fourth-order valence-corrected chi connectivity index (χ4v) is 1.76. The molecular formula is C15H19NO. The van der Waals surface area contributed by atoms with Gasteiger partial charge in [-0.15, -0.1) is 13.2 Å².